The lowest BCUT2D eigenvalue weighted by atomic mass is 10.1. The number of hydrogen-bond acceptors (Lipinski definition) is 5. The first-order valence-corrected chi connectivity index (χ1v) is 6.95. The van der Waals surface area contributed by atoms with Gasteiger partial charge in [0.05, 0.1) is 16.7 Å². The van der Waals surface area contributed by atoms with Gasteiger partial charge in [-0.2, -0.15) is 18.2 Å². The highest BCUT2D eigenvalue weighted by molar-refractivity contribution is 5.93. The predicted molar refractivity (Wildman–Crippen MR) is 78.8 cm³/mol. The van der Waals surface area contributed by atoms with Gasteiger partial charge in [0.25, 0.3) is 5.89 Å². The highest BCUT2D eigenvalue weighted by Crippen LogP contribution is 2.34. The molecule has 0 saturated heterocycles. The van der Waals surface area contributed by atoms with Crippen LogP contribution in [0.4, 0.5) is 17.6 Å². The maximum absolute atomic E-state index is 14.0. The van der Waals surface area contributed by atoms with Crippen LogP contribution in [0.1, 0.15) is 15.9 Å². The summed E-state index contributed by atoms with van der Waals surface area (Å²) in [5.41, 5.74) is -2.04. The number of para-hydroxylation sites is 1. The van der Waals surface area contributed by atoms with Crippen LogP contribution < -0.4 is 0 Å². The van der Waals surface area contributed by atoms with E-state index >= 15 is 0 Å². The van der Waals surface area contributed by atoms with Gasteiger partial charge in [-0.15, -0.1) is 0 Å². The Labute approximate surface area is 142 Å². The van der Waals surface area contributed by atoms with Gasteiger partial charge in [-0.1, -0.05) is 11.2 Å². The summed E-state index contributed by atoms with van der Waals surface area (Å²) in [4.78, 5) is 14.8. The van der Waals surface area contributed by atoms with Crippen molar-refractivity contribution in [3.8, 4) is 28.6 Å². The SMILES string of the molecule is O=C(O)c1cccc(-c2noc(-c3ccc(C(F)(F)F)cc3F)n2)c1O. The molecule has 3 rings (SSSR count). The van der Waals surface area contributed by atoms with E-state index < -0.39 is 40.7 Å². The summed E-state index contributed by atoms with van der Waals surface area (Å²) < 4.78 is 56.5. The number of halogens is 4. The Morgan fingerprint density at radius 1 is 1.12 bits per heavy atom. The molecule has 0 bridgehead atoms. The monoisotopic (exact) mass is 368 g/mol. The molecule has 0 saturated carbocycles. The highest BCUT2D eigenvalue weighted by atomic mass is 19.4. The van der Waals surface area contributed by atoms with E-state index in [1.807, 2.05) is 0 Å². The molecular weight excluding hydrogens is 360 g/mol. The number of alkyl halides is 3. The Bertz CT molecular complexity index is 998. The molecule has 0 atom stereocenters. The Balaban J connectivity index is 2.02. The summed E-state index contributed by atoms with van der Waals surface area (Å²) >= 11 is 0. The Morgan fingerprint density at radius 3 is 2.46 bits per heavy atom. The van der Waals surface area contributed by atoms with E-state index in [4.69, 9.17) is 9.63 Å². The van der Waals surface area contributed by atoms with Gasteiger partial charge < -0.3 is 14.7 Å². The zero-order chi connectivity index (χ0) is 19.1. The summed E-state index contributed by atoms with van der Waals surface area (Å²) in [6.07, 6.45) is -4.71. The number of phenols is 1. The van der Waals surface area contributed by atoms with Crippen LogP contribution in [0.5, 0.6) is 5.75 Å². The van der Waals surface area contributed by atoms with Crippen molar-refractivity contribution in [1.82, 2.24) is 10.1 Å². The summed E-state index contributed by atoms with van der Waals surface area (Å²) in [5, 5.41) is 22.5. The number of aromatic nitrogens is 2. The molecule has 1 heterocycles. The van der Waals surface area contributed by atoms with Gasteiger partial charge in [-0.05, 0) is 30.3 Å². The average molecular weight is 368 g/mol. The number of carboxylic acids is 1. The summed E-state index contributed by atoms with van der Waals surface area (Å²) in [6, 6.07) is 5.57. The minimum Gasteiger partial charge on any atom is -0.506 e. The zero-order valence-corrected chi connectivity index (χ0v) is 12.6. The minimum atomic E-state index is -4.71. The fourth-order valence-corrected chi connectivity index (χ4v) is 2.20. The number of hydrogen-bond donors (Lipinski definition) is 2. The van der Waals surface area contributed by atoms with Gasteiger partial charge in [0.1, 0.15) is 17.1 Å². The normalized spacial score (nSPS) is 11.5. The van der Waals surface area contributed by atoms with Crippen LogP contribution in [0.15, 0.2) is 40.9 Å². The molecule has 1 aromatic heterocycles. The quantitative estimate of drug-likeness (QED) is 0.679. The molecule has 0 unspecified atom stereocenters. The average Bonchev–Trinajstić information content (AvgIpc) is 3.03. The molecule has 3 aromatic rings. The van der Waals surface area contributed by atoms with Crippen molar-refractivity contribution >= 4 is 5.97 Å². The summed E-state index contributed by atoms with van der Waals surface area (Å²) in [6.45, 7) is 0. The summed E-state index contributed by atoms with van der Waals surface area (Å²) in [7, 11) is 0. The highest BCUT2D eigenvalue weighted by Gasteiger charge is 2.31. The molecule has 10 heteroatoms. The van der Waals surface area contributed by atoms with E-state index in [-0.39, 0.29) is 17.0 Å². The van der Waals surface area contributed by atoms with Crippen molar-refractivity contribution in [3.05, 3.63) is 53.3 Å². The lowest BCUT2D eigenvalue weighted by Crippen LogP contribution is -2.05. The number of benzene rings is 2. The van der Waals surface area contributed by atoms with E-state index in [1.54, 1.807) is 0 Å². The maximum atomic E-state index is 14.0. The van der Waals surface area contributed by atoms with Gasteiger partial charge in [0.15, 0.2) is 0 Å². The Morgan fingerprint density at radius 2 is 1.85 bits per heavy atom. The topological polar surface area (TPSA) is 96.5 Å². The van der Waals surface area contributed by atoms with Crippen molar-refractivity contribution in [2.45, 2.75) is 6.18 Å². The second kappa shape index (κ2) is 6.14. The number of carbonyl (C=O) groups is 1. The third-order valence-electron chi connectivity index (χ3n) is 3.46. The van der Waals surface area contributed by atoms with Crippen LogP contribution >= 0.6 is 0 Å². The van der Waals surface area contributed by atoms with E-state index in [0.29, 0.717) is 12.1 Å². The maximum Gasteiger partial charge on any atom is 0.416 e. The number of nitrogens with zero attached hydrogens (tertiary/aromatic N) is 2. The summed E-state index contributed by atoms with van der Waals surface area (Å²) in [5.74, 6) is -3.91. The molecule has 0 aliphatic rings. The third kappa shape index (κ3) is 3.08. The van der Waals surface area contributed by atoms with E-state index in [2.05, 4.69) is 10.1 Å². The van der Waals surface area contributed by atoms with E-state index in [0.717, 1.165) is 12.1 Å². The molecule has 2 N–H and O–H groups in total. The molecule has 0 aliphatic carbocycles. The largest absolute Gasteiger partial charge is 0.506 e. The first-order chi connectivity index (χ1) is 12.2. The molecule has 0 radical (unpaired) electrons. The van der Waals surface area contributed by atoms with Crippen molar-refractivity contribution < 1.29 is 37.1 Å². The molecule has 0 fully saturated rings. The van der Waals surface area contributed by atoms with E-state index in [1.165, 1.54) is 12.1 Å². The van der Waals surface area contributed by atoms with Crippen molar-refractivity contribution in [2.75, 3.05) is 0 Å². The second-order valence-electron chi connectivity index (χ2n) is 5.12. The van der Waals surface area contributed by atoms with E-state index in [9.17, 15) is 27.5 Å². The standard InChI is InChI=1S/C16H8F4N2O4/c17-11-6-7(16(18,19)20)4-5-8(11)14-21-13(22-26-14)9-2-1-3-10(12(9)23)15(24)25/h1-6,23H,(H,24,25). The first kappa shape index (κ1) is 17.4. The number of carboxylic acid groups (broad SMARTS) is 1. The van der Waals surface area contributed by atoms with Gasteiger partial charge in [-0.25, -0.2) is 9.18 Å². The molecule has 2 aromatic carbocycles. The molecule has 134 valence electrons. The lowest BCUT2D eigenvalue weighted by molar-refractivity contribution is -0.137. The fraction of sp³-hybridized carbons (Fsp3) is 0.0625. The molecule has 26 heavy (non-hydrogen) atoms. The Kier molecular flexibility index (Phi) is 4.10. The van der Waals surface area contributed by atoms with Crippen LogP contribution in [0.2, 0.25) is 0 Å². The van der Waals surface area contributed by atoms with Crippen LogP contribution in [-0.2, 0) is 6.18 Å². The van der Waals surface area contributed by atoms with Crippen LogP contribution in [0.3, 0.4) is 0 Å². The van der Waals surface area contributed by atoms with Crippen LogP contribution in [0, 0.1) is 5.82 Å². The van der Waals surface area contributed by atoms with Gasteiger partial charge in [0.2, 0.25) is 5.82 Å². The third-order valence-corrected chi connectivity index (χ3v) is 3.46. The fourth-order valence-electron chi connectivity index (χ4n) is 2.20. The number of aromatic hydroxyl groups is 1. The molecule has 0 aliphatic heterocycles. The van der Waals surface area contributed by atoms with Gasteiger partial charge in [-0.3, -0.25) is 0 Å². The molecular formula is C16H8F4N2O4. The minimum absolute atomic E-state index is 0.0905. The smallest absolute Gasteiger partial charge is 0.416 e. The number of aromatic carboxylic acids is 1. The molecule has 0 amide bonds. The first-order valence-electron chi connectivity index (χ1n) is 6.95. The van der Waals surface area contributed by atoms with Gasteiger partial charge in [0, 0.05) is 0 Å². The molecule has 0 spiro atoms. The van der Waals surface area contributed by atoms with Crippen molar-refractivity contribution in [1.29, 1.82) is 0 Å². The second-order valence-corrected chi connectivity index (χ2v) is 5.12. The Hall–Kier alpha value is -3.43. The van der Waals surface area contributed by atoms with Crippen molar-refractivity contribution in [3.63, 3.8) is 0 Å². The predicted octanol–water partition coefficient (Wildman–Crippen LogP) is 3.97. The van der Waals surface area contributed by atoms with Crippen LogP contribution in [-0.4, -0.2) is 26.3 Å². The molecule has 6 nitrogen and oxygen atoms in total. The van der Waals surface area contributed by atoms with Gasteiger partial charge >= 0.3 is 12.1 Å². The number of rotatable bonds is 3. The lowest BCUT2D eigenvalue weighted by Gasteiger charge is -2.07. The zero-order valence-electron chi connectivity index (χ0n) is 12.6. The van der Waals surface area contributed by atoms with Crippen LogP contribution in [0.25, 0.3) is 22.8 Å². The van der Waals surface area contributed by atoms with Crippen molar-refractivity contribution in [2.24, 2.45) is 0 Å².